The van der Waals surface area contributed by atoms with Crippen LogP contribution in [0.2, 0.25) is 0 Å². The van der Waals surface area contributed by atoms with Crippen LogP contribution in [0.15, 0.2) is 24.3 Å². The lowest BCUT2D eigenvalue weighted by Crippen LogP contribution is -2.28. The van der Waals surface area contributed by atoms with E-state index in [2.05, 4.69) is 6.07 Å². The van der Waals surface area contributed by atoms with Gasteiger partial charge in [-0.2, -0.15) is 0 Å². The Morgan fingerprint density at radius 3 is 2.95 bits per heavy atom. The Morgan fingerprint density at radius 1 is 1.42 bits per heavy atom. The first-order valence-corrected chi connectivity index (χ1v) is 6.68. The predicted molar refractivity (Wildman–Crippen MR) is 72.6 cm³/mol. The third-order valence-corrected chi connectivity index (χ3v) is 3.56. The molecule has 0 saturated carbocycles. The first-order chi connectivity index (χ1) is 9.22. The van der Waals surface area contributed by atoms with Crippen molar-refractivity contribution in [3.05, 3.63) is 35.4 Å². The van der Waals surface area contributed by atoms with E-state index in [0.29, 0.717) is 25.5 Å². The fourth-order valence-electron chi connectivity index (χ4n) is 2.60. The molecule has 1 fully saturated rings. The summed E-state index contributed by atoms with van der Waals surface area (Å²) in [4.78, 5) is 13.7. The number of ether oxygens (including phenoxy) is 1. The molecule has 19 heavy (non-hydrogen) atoms. The average molecular weight is 263 g/mol. The Balaban J connectivity index is 1.91. The quantitative estimate of drug-likeness (QED) is 0.839. The molecule has 1 N–H and O–H groups in total. The minimum Gasteiger partial charge on any atom is -0.392 e. The standard InChI is InChI=1S/C15H21NO3/c1-19-6-5-16-10-14(9-15(16)18)8-12-3-2-4-13(7-12)11-17/h2-4,7,14,17H,5-6,8-11H2,1H3/t14-/m0/s1. The number of methoxy groups -OCH3 is 1. The summed E-state index contributed by atoms with van der Waals surface area (Å²) in [5, 5.41) is 9.13. The van der Waals surface area contributed by atoms with Gasteiger partial charge in [0, 0.05) is 26.6 Å². The van der Waals surface area contributed by atoms with Gasteiger partial charge in [0.25, 0.3) is 0 Å². The van der Waals surface area contributed by atoms with Crippen molar-refractivity contribution in [3.63, 3.8) is 0 Å². The van der Waals surface area contributed by atoms with Crippen LogP contribution in [0.1, 0.15) is 17.5 Å². The lowest BCUT2D eigenvalue weighted by molar-refractivity contribution is -0.128. The Morgan fingerprint density at radius 2 is 2.21 bits per heavy atom. The van der Waals surface area contributed by atoms with Gasteiger partial charge in [0.15, 0.2) is 0 Å². The molecule has 1 aliphatic rings. The molecule has 1 atom stereocenters. The Bertz CT molecular complexity index is 433. The van der Waals surface area contributed by atoms with Crippen LogP contribution in [-0.4, -0.2) is 42.7 Å². The highest BCUT2D eigenvalue weighted by Crippen LogP contribution is 2.22. The Kier molecular flexibility index (Phi) is 4.93. The topological polar surface area (TPSA) is 49.8 Å². The molecule has 0 spiro atoms. The number of nitrogens with zero attached hydrogens (tertiary/aromatic N) is 1. The third kappa shape index (κ3) is 3.78. The number of amides is 1. The van der Waals surface area contributed by atoms with Crippen LogP contribution in [0, 0.1) is 5.92 Å². The number of aliphatic hydroxyl groups is 1. The van der Waals surface area contributed by atoms with Crippen molar-refractivity contribution in [1.29, 1.82) is 0 Å². The number of hydrogen-bond acceptors (Lipinski definition) is 3. The number of likely N-dealkylation sites (tertiary alicyclic amines) is 1. The maximum absolute atomic E-state index is 11.8. The van der Waals surface area contributed by atoms with Crippen LogP contribution < -0.4 is 0 Å². The zero-order valence-corrected chi connectivity index (χ0v) is 11.3. The van der Waals surface area contributed by atoms with Crippen molar-refractivity contribution in [3.8, 4) is 0 Å². The molecule has 4 nitrogen and oxygen atoms in total. The van der Waals surface area contributed by atoms with E-state index in [-0.39, 0.29) is 12.5 Å². The highest BCUT2D eigenvalue weighted by molar-refractivity contribution is 5.78. The van der Waals surface area contributed by atoms with E-state index in [1.165, 1.54) is 5.56 Å². The minimum atomic E-state index is 0.0669. The second-order valence-corrected chi connectivity index (χ2v) is 5.08. The highest BCUT2D eigenvalue weighted by atomic mass is 16.5. The van der Waals surface area contributed by atoms with Gasteiger partial charge in [0.1, 0.15) is 0 Å². The highest BCUT2D eigenvalue weighted by Gasteiger charge is 2.29. The van der Waals surface area contributed by atoms with E-state index >= 15 is 0 Å². The molecule has 1 saturated heterocycles. The summed E-state index contributed by atoms with van der Waals surface area (Å²) in [5.74, 6) is 0.596. The van der Waals surface area contributed by atoms with Gasteiger partial charge in [-0.1, -0.05) is 24.3 Å². The molecule has 0 unspecified atom stereocenters. The molecule has 1 aromatic carbocycles. The van der Waals surface area contributed by atoms with E-state index in [1.807, 2.05) is 23.1 Å². The van der Waals surface area contributed by atoms with Gasteiger partial charge in [-0.05, 0) is 23.5 Å². The molecule has 1 heterocycles. The molecular weight excluding hydrogens is 242 g/mol. The van der Waals surface area contributed by atoms with Crippen LogP contribution >= 0.6 is 0 Å². The molecule has 104 valence electrons. The van der Waals surface area contributed by atoms with Crippen molar-refractivity contribution < 1.29 is 14.6 Å². The van der Waals surface area contributed by atoms with Crippen LogP contribution in [0.3, 0.4) is 0 Å². The Hall–Kier alpha value is -1.39. The maximum Gasteiger partial charge on any atom is 0.223 e. The fraction of sp³-hybridized carbons (Fsp3) is 0.533. The largest absolute Gasteiger partial charge is 0.392 e. The summed E-state index contributed by atoms with van der Waals surface area (Å²) in [7, 11) is 1.65. The monoisotopic (exact) mass is 263 g/mol. The summed E-state index contributed by atoms with van der Waals surface area (Å²) < 4.78 is 5.01. The van der Waals surface area contributed by atoms with Crippen molar-refractivity contribution >= 4 is 5.91 Å². The molecule has 4 heteroatoms. The Labute approximate surface area is 114 Å². The summed E-state index contributed by atoms with van der Waals surface area (Å²) >= 11 is 0. The molecule has 1 aliphatic heterocycles. The van der Waals surface area contributed by atoms with Crippen molar-refractivity contribution in [2.45, 2.75) is 19.4 Å². The molecule has 0 aromatic heterocycles. The number of aliphatic hydroxyl groups excluding tert-OH is 1. The SMILES string of the molecule is COCCN1C[C@@H](Cc2cccc(CO)c2)CC1=O. The summed E-state index contributed by atoms with van der Waals surface area (Å²) in [6, 6.07) is 7.94. The minimum absolute atomic E-state index is 0.0669. The fourth-order valence-corrected chi connectivity index (χ4v) is 2.60. The zero-order chi connectivity index (χ0) is 13.7. The number of benzene rings is 1. The molecule has 0 aliphatic carbocycles. The molecule has 1 aromatic rings. The summed E-state index contributed by atoms with van der Waals surface area (Å²) in [6.45, 7) is 2.16. The number of carbonyl (C=O) groups is 1. The number of hydrogen-bond donors (Lipinski definition) is 1. The van der Waals surface area contributed by atoms with Gasteiger partial charge in [0.2, 0.25) is 5.91 Å². The molecule has 1 amide bonds. The first kappa shape index (κ1) is 14.0. The van der Waals surface area contributed by atoms with Crippen LogP contribution in [0.4, 0.5) is 0 Å². The molecular formula is C15H21NO3. The second kappa shape index (κ2) is 6.68. The predicted octanol–water partition coefficient (Wildman–Crippen LogP) is 1.22. The van der Waals surface area contributed by atoms with Gasteiger partial charge < -0.3 is 14.7 Å². The van der Waals surface area contributed by atoms with E-state index in [4.69, 9.17) is 9.84 Å². The number of carbonyl (C=O) groups excluding carboxylic acids is 1. The number of rotatable bonds is 6. The average Bonchev–Trinajstić information content (AvgIpc) is 2.76. The van der Waals surface area contributed by atoms with Gasteiger partial charge >= 0.3 is 0 Å². The van der Waals surface area contributed by atoms with E-state index in [0.717, 1.165) is 18.5 Å². The second-order valence-electron chi connectivity index (χ2n) is 5.08. The summed E-state index contributed by atoms with van der Waals surface area (Å²) in [5.41, 5.74) is 2.12. The van der Waals surface area contributed by atoms with Crippen molar-refractivity contribution in [2.24, 2.45) is 5.92 Å². The molecule has 0 radical (unpaired) electrons. The van der Waals surface area contributed by atoms with E-state index < -0.39 is 0 Å². The normalized spacial score (nSPS) is 19.2. The third-order valence-electron chi connectivity index (χ3n) is 3.56. The lowest BCUT2D eigenvalue weighted by Gasteiger charge is -2.16. The van der Waals surface area contributed by atoms with Gasteiger partial charge in [-0.15, -0.1) is 0 Å². The van der Waals surface area contributed by atoms with Crippen molar-refractivity contribution in [1.82, 2.24) is 4.90 Å². The lowest BCUT2D eigenvalue weighted by atomic mass is 9.97. The van der Waals surface area contributed by atoms with Crippen LogP contribution in [-0.2, 0) is 22.6 Å². The van der Waals surface area contributed by atoms with Crippen molar-refractivity contribution in [2.75, 3.05) is 26.8 Å². The van der Waals surface area contributed by atoms with Crippen LogP contribution in [0.5, 0.6) is 0 Å². The van der Waals surface area contributed by atoms with Gasteiger partial charge in [0.05, 0.1) is 13.2 Å². The van der Waals surface area contributed by atoms with E-state index in [1.54, 1.807) is 7.11 Å². The first-order valence-electron chi connectivity index (χ1n) is 6.68. The van der Waals surface area contributed by atoms with Crippen LogP contribution in [0.25, 0.3) is 0 Å². The van der Waals surface area contributed by atoms with Gasteiger partial charge in [-0.3, -0.25) is 4.79 Å². The van der Waals surface area contributed by atoms with E-state index in [9.17, 15) is 4.79 Å². The molecule has 2 rings (SSSR count). The zero-order valence-electron chi connectivity index (χ0n) is 11.3. The van der Waals surface area contributed by atoms with Gasteiger partial charge in [-0.25, -0.2) is 0 Å². The summed E-state index contributed by atoms with van der Waals surface area (Å²) in [6.07, 6.45) is 1.51. The maximum atomic E-state index is 11.8. The molecule has 0 bridgehead atoms. The smallest absolute Gasteiger partial charge is 0.223 e.